The molecule has 0 fully saturated rings. The van der Waals surface area contributed by atoms with E-state index >= 15 is 0 Å². The number of ketones is 1. The van der Waals surface area contributed by atoms with Gasteiger partial charge in [-0.05, 0) is 36.4 Å². The predicted octanol–water partition coefficient (Wildman–Crippen LogP) is 3.13. The molecule has 0 saturated heterocycles. The first-order valence-corrected chi connectivity index (χ1v) is 7.57. The van der Waals surface area contributed by atoms with Gasteiger partial charge in [-0.25, -0.2) is 0 Å². The molecule has 1 atom stereocenters. The number of carbonyl (C=O) groups excluding carboxylic acids is 1. The van der Waals surface area contributed by atoms with E-state index in [9.17, 15) is 14.7 Å². The van der Waals surface area contributed by atoms with E-state index in [0.717, 1.165) is 25.1 Å². The number of hydrogen-bond acceptors (Lipinski definition) is 3. The van der Waals surface area contributed by atoms with Gasteiger partial charge in [0, 0.05) is 12.2 Å². The third-order valence-electron chi connectivity index (χ3n) is 3.77. The molecule has 0 saturated carbocycles. The molecule has 0 bridgehead atoms. The predicted molar refractivity (Wildman–Crippen MR) is 76.4 cm³/mol. The fourth-order valence-corrected chi connectivity index (χ4v) is 3.46. The molecule has 1 aliphatic heterocycles. The molecule has 104 valence electrons. The lowest BCUT2D eigenvalue weighted by Gasteiger charge is -2.13. The molecule has 2 aromatic heterocycles. The molecule has 5 heteroatoms. The van der Waals surface area contributed by atoms with E-state index in [-0.39, 0.29) is 5.78 Å². The van der Waals surface area contributed by atoms with E-state index in [4.69, 9.17) is 0 Å². The Kier molecular flexibility index (Phi) is 3.44. The zero-order chi connectivity index (χ0) is 14.1. The zero-order valence-electron chi connectivity index (χ0n) is 10.9. The summed E-state index contributed by atoms with van der Waals surface area (Å²) in [6.07, 6.45) is 2.44. The molecule has 0 radical (unpaired) electrons. The molecule has 0 spiro atoms. The second-order valence-electron chi connectivity index (χ2n) is 4.99. The van der Waals surface area contributed by atoms with Gasteiger partial charge in [0.1, 0.15) is 0 Å². The SMILES string of the molecule is O=C(c1cccs1)c1ccc2n1CCCCC2C(=O)O. The monoisotopic (exact) mass is 289 g/mol. The second-order valence-corrected chi connectivity index (χ2v) is 5.94. The Morgan fingerprint density at radius 2 is 2.10 bits per heavy atom. The van der Waals surface area contributed by atoms with Crippen molar-refractivity contribution >= 4 is 23.1 Å². The maximum atomic E-state index is 12.5. The minimum atomic E-state index is -0.804. The van der Waals surface area contributed by atoms with E-state index in [1.165, 1.54) is 11.3 Å². The second kappa shape index (κ2) is 5.25. The van der Waals surface area contributed by atoms with Crippen LogP contribution in [0.15, 0.2) is 29.6 Å². The lowest BCUT2D eigenvalue weighted by molar-refractivity contribution is -0.139. The van der Waals surface area contributed by atoms with Crippen molar-refractivity contribution in [3.8, 4) is 0 Å². The van der Waals surface area contributed by atoms with Gasteiger partial charge in [0.15, 0.2) is 0 Å². The first kappa shape index (κ1) is 13.1. The number of carbonyl (C=O) groups is 2. The van der Waals surface area contributed by atoms with Crippen LogP contribution in [-0.2, 0) is 11.3 Å². The number of carboxylic acids is 1. The van der Waals surface area contributed by atoms with E-state index < -0.39 is 11.9 Å². The summed E-state index contributed by atoms with van der Waals surface area (Å²) in [5.74, 6) is -1.32. The summed E-state index contributed by atoms with van der Waals surface area (Å²) in [5.41, 5.74) is 1.37. The van der Waals surface area contributed by atoms with Crippen molar-refractivity contribution in [3.63, 3.8) is 0 Å². The Bertz CT molecular complexity index is 642. The molecule has 20 heavy (non-hydrogen) atoms. The van der Waals surface area contributed by atoms with Gasteiger partial charge < -0.3 is 9.67 Å². The Balaban J connectivity index is 2.03. The summed E-state index contributed by atoms with van der Waals surface area (Å²) in [5, 5.41) is 11.2. The lowest BCUT2D eigenvalue weighted by atomic mass is 10.0. The average Bonchev–Trinajstić information content (AvgIpc) is 3.04. The Hall–Kier alpha value is -1.88. The van der Waals surface area contributed by atoms with Crippen LogP contribution >= 0.6 is 11.3 Å². The number of aliphatic carboxylic acids is 1. The van der Waals surface area contributed by atoms with Crippen molar-refractivity contribution in [1.29, 1.82) is 0 Å². The van der Waals surface area contributed by atoms with Gasteiger partial charge >= 0.3 is 5.97 Å². The normalized spacial score (nSPS) is 18.3. The van der Waals surface area contributed by atoms with Crippen LogP contribution in [0.1, 0.15) is 46.2 Å². The molecule has 1 aliphatic rings. The topological polar surface area (TPSA) is 59.3 Å². The number of aromatic nitrogens is 1. The molecule has 3 heterocycles. The van der Waals surface area contributed by atoms with Crippen LogP contribution in [0.2, 0.25) is 0 Å². The highest BCUT2D eigenvalue weighted by Gasteiger charge is 2.28. The number of hydrogen-bond donors (Lipinski definition) is 1. The summed E-state index contributed by atoms with van der Waals surface area (Å²) in [4.78, 5) is 24.5. The van der Waals surface area contributed by atoms with Crippen molar-refractivity contribution in [3.05, 3.63) is 45.9 Å². The Labute approximate surface area is 120 Å². The molecule has 0 aromatic carbocycles. The average molecular weight is 289 g/mol. The molecule has 0 amide bonds. The number of thiophene rings is 1. The van der Waals surface area contributed by atoms with Gasteiger partial charge in [-0.1, -0.05) is 12.5 Å². The Morgan fingerprint density at radius 1 is 1.25 bits per heavy atom. The van der Waals surface area contributed by atoms with E-state index in [1.54, 1.807) is 18.2 Å². The third kappa shape index (κ3) is 2.18. The van der Waals surface area contributed by atoms with Crippen LogP contribution in [0.5, 0.6) is 0 Å². The number of rotatable bonds is 3. The first-order chi connectivity index (χ1) is 9.68. The minimum absolute atomic E-state index is 0.0164. The molecular weight excluding hydrogens is 274 g/mol. The standard InChI is InChI=1S/C15H15NO3S/c17-14(13-5-3-9-20-13)12-7-6-11-10(15(18)19)4-1-2-8-16(11)12/h3,5-7,9-10H,1-2,4,8H2,(H,18,19). The van der Waals surface area contributed by atoms with Crippen LogP contribution in [0, 0.1) is 0 Å². The minimum Gasteiger partial charge on any atom is -0.481 e. The third-order valence-corrected chi connectivity index (χ3v) is 4.64. The number of fused-ring (bicyclic) bond motifs is 1. The van der Waals surface area contributed by atoms with Gasteiger partial charge in [-0.3, -0.25) is 9.59 Å². The molecule has 1 unspecified atom stereocenters. The van der Waals surface area contributed by atoms with E-state index in [2.05, 4.69) is 0 Å². The Morgan fingerprint density at radius 3 is 2.80 bits per heavy atom. The van der Waals surface area contributed by atoms with Gasteiger partial charge in [-0.15, -0.1) is 11.3 Å². The van der Waals surface area contributed by atoms with E-state index in [0.29, 0.717) is 17.0 Å². The molecule has 0 aliphatic carbocycles. The van der Waals surface area contributed by atoms with Crippen LogP contribution < -0.4 is 0 Å². The van der Waals surface area contributed by atoms with Crippen molar-refractivity contribution in [2.75, 3.05) is 0 Å². The summed E-state index contributed by atoms with van der Waals surface area (Å²) in [7, 11) is 0. The quantitative estimate of drug-likeness (QED) is 0.883. The largest absolute Gasteiger partial charge is 0.481 e. The fraction of sp³-hybridized carbons (Fsp3) is 0.333. The smallest absolute Gasteiger partial charge is 0.312 e. The van der Waals surface area contributed by atoms with Crippen LogP contribution in [0.3, 0.4) is 0 Å². The lowest BCUT2D eigenvalue weighted by Crippen LogP contribution is -2.16. The zero-order valence-corrected chi connectivity index (χ0v) is 11.7. The van der Waals surface area contributed by atoms with Gasteiger partial charge in [-0.2, -0.15) is 0 Å². The van der Waals surface area contributed by atoms with Crippen molar-refractivity contribution < 1.29 is 14.7 Å². The molecule has 4 nitrogen and oxygen atoms in total. The highest BCUT2D eigenvalue weighted by Crippen LogP contribution is 2.30. The van der Waals surface area contributed by atoms with Crippen molar-refractivity contribution in [2.45, 2.75) is 31.7 Å². The molecular formula is C15H15NO3S. The summed E-state index contributed by atoms with van der Waals surface area (Å²) < 4.78 is 1.90. The summed E-state index contributed by atoms with van der Waals surface area (Å²) in [6, 6.07) is 7.21. The van der Waals surface area contributed by atoms with Crippen LogP contribution in [0.25, 0.3) is 0 Å². The van der Waals surface area contributed by atoms with Crippen molar-refractivity contribution in [1.82, 2.24) is 4.57 Å². The van der Waals surface area contributed by atoms with Crippen LogP contribution in [-0.4, -0.2) is 21.4 Å². The maximum Gasteiger partial charge on any atom is 0.312 e. The number of carboxylic acid groups (broad SMARTS) is 1. The van der Waals surface area contributed by atoms with E-state index in [1.807, 2.05) is 16.0 Å². The fourth-order valence-electron chi connectivity index (χ4n) is 2.79. The highest BCUT2D eigenvalue weighted by molar-refractivity contribution is 7.12. The van der Waals surface area contributed by atoms with Gasteiger partial charge in [0.2, 0.25) is 5.78 Å². The highest BCUT2D eigenvalue weighted by atomic mass is 32.1. The number of nitrogens with zero attached hydrogens (tertiary/aromatic N) is 1. The maximum absolute atomic E-state index is 12.5. The summed E-state index contributed by atoms with van der Waals surface area (Å²) in [6.45, 7) is 0.721. The molecule has 3 rings (SSSR count). The summed E-state index contributed by atoms with van der Waals surface area (Å²) >= 11 is 1.41. The van der Waals surface area contributed by atoms with Gasteiger partial charge in [0.25, 0.3) is 0 Å². The van der Waals surface area contributed by atoms with Crippen LogP contribution in [0.4, 0.5) is 0 Å². The molecule has 1 N–H and O–H groups in total. The first-order valence-electron chi connectivity index (χ1n) is 6.69. The van der Waals surface area contributed by atoms with Gasteiger partial charge in [0.05, 0.1) is 16.5 Å². The van der Waals surface area contributed by atoms with Crippen molar-refractivity contribution in [2.24, 2.45) is 0 Å². The molecule has 2 aromatic rings.